The van der Waals surface area contributed by atoms with Gasteiger partial charge in [-0.2, -0.15) is 0 Å². The van der Waals surface area contributed by atoms with Crippen LogP contribution in [0.15, 0.2) is 53.9 Å². The van der Waals surface area contributed by atoms with E-state index in [0.29, 0.717) is 16.6 Å². The fourth-order valence-electron chi connectivity index (χ4n) is 4.26. The van der Waals surface area contributed by atoms with Crippen molar-refractivity contribution in [1.82, 2.24) is 9.80 Å². The average molecular weight is 532 g/mol. The molecular weight excluding hydrogens is 509 g/mol. The number of hydrogen-bond acceptors (Lipinski definition) is 5. The standard InChI is InChI=1S/C25H23Cl2N3O4S/c1-15(2)29(25(32)16-3-6-18(7-4-16)30(33)34)14-23(31)28-11-9-22-20(10-12-35-22)24(28)19-8-5-17(26)13-21(19)27/h3-8,10,12-13,15,24H,9,11,14H2,1-2H3. The largest absolute Gasteiger partial charge is 0.330 e. The van der Waals surface area contributed by atoms with Gasteiger partial charge in [-0.1, -0.05) is 29.3 Å². The first-order chi connectivity index (χ1) is 16.7. The lowest BCUT2D eigenvalue weighted by molar-refractivity contribution is -0.384. The number of amides is 2. The van der Waals surface area contributed by atoms with E-state index in [-0.39, 0.29) is 41.7 Å². The highest BCUT2D eigenvalue weighted by Gasteiger charge is 2.35. The van der Waals surface area contributed by atoms with Gasteiger partial charge in [-0.05, 0) is 67.1 Å². The Hall–Kier alpha value is -2.94. The van der Waals surface area contributed by atoms with Crippen molar-refractivity contribution in [3.8, 4) is 0 Å². The molecule has 1 unspecified atom stereocenters. The van der Waals surface area contributed by atoms with Crippen molar-refractivity contribution >= 4 is 52.0 Å². The minimum atomic E-state index is -0.519. The number of nitro groups is 1. The summed E-state index contributed by atoms with van der Waals surface area (Å²) in [4.78, 5) is 41.8. The second-order valence-corrected chi connectivity index (χ2v) is 10.4. The molecule has 0 spiro atoms. The van der Waals surface area contributed by atoms with Crippen LogP contribution >= 0.6 is 34.5 Å². The predicted octanol–water partition coefficient (Wildman–Crippen LogP) is 5.99. The number of carbonyl (C=O) groups excluding carboxylic acids is 2. The van der Waals surface area contributed by atoms with E-state index in [4.69, 9.17) is 23.2 Å². The van der Waals surface area contributed by atoms with E-state index in [1.165, 1.54) is 34.0 Å². The third-order valence-electron chi connectivity index (χ3n) is 6.06. The lowest BCUT2D eigenvalue weighted by atomic mass is 9.93. The number of rotatable bonds is 6. The van der Waals surface area contributed by atoms with Crippen molar-refractivity contribution in [2.24, 2.45) is 0 Å². The lowest BCUT2D eigenvalue weighted by Gasteiger charge is -2.38. The molecule has 10 heteroatoms. The summed E-state index contributed by atoms with van der Waals surface area (Å²) in [7, 11) is 0. The van der Waals surface area contributed by atoms with Crippen LogP contribution in [0.25, 0.3) is 0 Å². The van der Waals surface area contributed by atoms with Gasteiger partial charge in [-0.25, -0.2) is 0 Å². The summed E-state index contributed by atoms with van der Waals surface area (Å²) in [5, 5.41) is 13.9. The maximum absolute atomic E-state index is 13.7. The highest BCUT2D eigenvalue weighted by molar-refractivity contribution is 7.10. The smallest absolute Gasteiger partial charge is 0.269 e. The number of nitro benzene ring substituents is 1. The summed E-state index contributed by atoms with van der Waals surface area (Å²) in [5.74, 6) is -0.570. The van der Waals surface area contributed by atoms with E-state index in [9.17, 15) is 19.7 Å². The zero-order valence-electron chi connectivity index (χ0n) is 19.1. The first-order valence-corrected chi connectivity index (χ1v) is 12.7. The molecule has 7 nitrogen and oxygen atoms in total. The molecule has 0 saturated carbocycles. The zero-order valence-corrected chi connectivity index (χ0v) is 21.4. The molecule has 3 aromatic rings. The Labute approximate surface area is 217 Å². The number of benzene rings is 2. The molecule has 0 aliphatic carbocycles. The topological polar surface area (TPSA) is 83.8 Å². The monoisotopic (exact) mass is 531 g/mol. The fraction of sp³-hybridized carbons (Fsp3) is 0.280. The van der Waals surface area contributed by atoms with Crippen LogP contribution in [0.2, 0.25) is 10.0 Å². The van der Waals surface area contributed by atoms with Crippen molar-refractivity contribution in [1.29, 1.82) is 0 Å². The predicted molar refractivity (Wildman–Crippen MR) is 137 cm³/mol. The Morgan fingerprint density at radius 3 is 2.49 bits per heavy atom. The van der Waals surface area contributed by atoms with Gasteiger partial charge in [-0.15, -0.1) is 11.3 Å². The van der Waals surface area contributed by atoms with Crippen molar-refractivity contribution in [3.63, 3.8) is 0 Å². The number of thiophene rings is 1. The van der Waals surface area contributed by atoms with Crippen molar-refractivity contribution < 1.29 is 14.5 Å². The number of carbonyl (C=O) groups is 2. The van der Waals surface area contributed by atoms with Crippen LogP contribution in [0, 0.1) is 10.1 Å². The molecule has 182 valence electrons. The summed E-state index contributed by atoms with van der Waals surface area (Å²) in [6.45, 7) is 4.02. The number of hydrogen-bond donors (Lipinski definition) is 0. The summed E-state index contributed by atoms with van der Waals surface area (Å²) in [6.07, 6.45) is 0.721. The van der Waals surface area contributed by atoms with Crippen LogP contribution in [-0.4, -0.2) is 45.7 Å². The quantitative estimate of drug-likeness (QED) is 0.289. The Balaban J connectivity index is 1.63. The van der Waals surface area contributed by atoms with E-state index >= 15 is 0 Å². The first-order valence-electron chi connectivity index (χ1n) is 11.0. The summed E-state index contributed by atoms with van der Waals surface area (Å²) >= 11 is 14.3. The Morgan fingerprint density at radius 2 is 1.86 bits per heavy atom. The molecule has 1 aliphatic heterocycles. The molecule has 1 atom stereocenters. The maximum atomic E-state index is 13.7. The Bertz CT molecular complexity index is 1280. The molecule has 4 rings (SSSR count). The molecule has 1 aromatic heterocycles. The molecule has 0 saturated heterocycles. The van der Waals surface area contributed by atoms with Crippen LogP contribution in [0.3, 0.4) is 0 Å². The molecule has 2 amide bonds. The van der Waals surface area contributed by atoms with Crippen LogP contribution < -0.4 is 0 Å². The van der Waals surface area contributed by atoms with Crippen molar-refractivity contribution in [2.45, 2.75) is 32.4 Å². The number of halogens is 2. The van der Waals surface area contributed by atoms with Gasteiger partial charge >= 0.3 is 0 Å². The summed E-state index contributed by atoms with van der Waals surface area (Å²) in [6, 6.07) is 12.0. The van der Waals surface area contributed by atoms with Crippen LogP contribution in [0.5, 0.6) is 0 Å². The second kappa shape index (κ2) is 10.4. The number of non-ortho nitro benzene ring substituents is 1. The van der Waals surface area contributed by atoms with E-state index in [2.05, 4.69) is 0 Å². The van der Waals surface area contributed by atoms with Gasteiger partial charge in [0.2, 0.25) is 5.91 Å². The van der Waals surface area contributed by atoms with Crippen LogP contribution in [0.4, 0.5) is 5.69 Å². The molecule has 0 N–H and O–H groups in total. The zero-order chi connectivity index (χ0) is 25.3. The molecule has 0 bridgehead atoms. The Kier molecular flexibility index (Phi) is 7.44. The van der Waals surface area contributed by atoms with E-state index in [1.54, 1.807) is 28.4 Å². The Morgan fingerprint density at radius 1 is 1.14 bits per heavy atom. The van der Waals surface area contributed by atoms with Gasteiger partial charge in [0.25, 0.3) is 11.6 Å². The van der Waals surface area contributed by atoms with E-state index in [0.717, 1.165) is 17.5 Å². The number of fused-ring (bicyclic) bond motifs is 1. The molecule has 0 radical (unpaired) electrons. The number of nitrogens with zero attached hydrogens (tertiary/aromatic N) is 3. The fourth-order valence-corrected chi connectivity index (χ4v) is 5.68. The molecule has 35 heavy (non-hydrogen) atoms. The molecule has 1 aliphatic rings. The van der Waals surface area contributed by atoms with Gasteiger partial charge in [0, 0.05) is 45.2 Å². The molecular formula is C25H23Cl2N3O4S. The van der Waals surface area contributed by atoms with Gasteiger partial charge in [0.05, 0.1) is 11.0 Å². The summed E-state index contributed by atoms with van der Waals surface area (Å²) < 4.78 is 0. The highest BCUT2D eigenvalue weighted by Crippen LogP contribution is 2.41. The first kappa shape index (κ1) is 25.2. The molecule has 2 aromatic carbocycles. The lowest BCUT2D eigenvalue weighted by Crippen LogP contribution is -2.48. The molecule has 0 fully saturated rings. The second-order valence-electron chi connectivity index (χ2n) is 8.54. The third kappa shape index (κ3) is 5.19. The third-order valence-corrected chi connectivity index (χ3v) is 7.62. The summed E-state index contributed by atoms with van der Waals surface area (Å²) in [5.41, 5.74) is 1.99. The average Bonchev–Trinajstić information content (AvgIpc) is 3.30. The van der Waals surface area contributed by atoms with Crippen molar-refractivity contribution in [2.75, 3.05) is 13.1 Å². The van der Waals surface area contributed by atoms with Crippen molar-refractivity contribution in [3.05, 3.63) is 95.6 Å². The minimum absolute atomic E-state index is 0.101. The van der Waals surface area contributed by atoms with E-state index < -0.39 is 4.92 Å². The van der Waals surface area contributed by atoms with Crippen LogP contribution in [0.1, 0.15) is 46.3 Å². The van der Waals surface area contributed by atoms with Gasteiger partial charge in [0.15, 0.2) is 0 Å². The maximum Gasteiger partial charge on any atom is 0.269 e. The minimum Gasteiger partial charge on any atom is -0.330 e. The van der Waals surface area contributed by atoms with Gasteiger partial charge < -0.3 is 9.80 Å². The van der Waals surface area contributed by atoms with E-state index in [1.807, 2.05) is 31.4 Å². The van der Waals surface area contributed by atoms with Gasteiger partial charge in [-0.3, -0.25) is 19.7 Å². The van der Waals surface area contributed by atoms with Gasteiger partial charge in [0.1, 0.15) is 6.54 Å². The SMILES string of the molecule is CC(C)N(CC(=O)N1CCc2sccc2C1c1ccc(Cl)cc1Cl)C(=O)c1ccc([N+](=O)[O-])cc1. The highest BCUT2D eigenvalue weighted by atomic mass is 35.5. The molecule has 2 heterocycles. The normalized spacial score (nSPS) is 15.1. The van der Waals surface area contributed by atoms with Crippen LogP contribution in [-0.2, 0) is 11.2 Å².